The predicted octanol–water partition coefficient (Wildman–Crippen LogP) is 1.61. The zero-order chi connectivity index (χ0) is 12.9. The van der Waals surface area contributed by atoms with Crippen molar-refractivity contribution in [3.05, 3.63) is 0 Å². The fourth-order valence-corrected chi connectivity index (χ4v) is 3.03. The van der Waals surface area contributed by atoms with Crippen LogP contribution in [0.3, 0.4) is 0 Å². The molecule has 1 saturated heterocycles. The summed E-state index contributed by atoms with van der Waals surface area (Å²) in [6, 6.07) is 0.653. The summed E-state index contributed by atoms with van der Waals surface area (Å²) in [5.41, 5.74) is 0.261. The summed E-state index contributed by atoms with van der Waals surface area (Å²) in [7, 11) is -0.646. The highest BCUT2D eigenvalue weighted by Crippen LogP contribution is 2.20. The van der Waals surface area contributed by atoms with Crippen LogP contribution in [0.5, 0.6) is 0 Å². The lowest BCUT2D eigenvalue weighted by molar-refractivity contribution is 0.0825. The third kappa shape index (κ3) is 4.68. The zero-order valence-electron chi connectivity index (χ0n) is 11.8. The van der Waals surface area contributed by atoms with E-state index in [0.717, 1.165) is 31.8 Å². The summed E-state index contributed by atoms with van der Waals surface area (Å²) < 4.78 is 11.1. The van der Waals surface area contributed by atoms with E-state index in [2.05, 4.69) is 31.0 Å². The molecule has 1 fully saturated rings. The topological polar surface area (TPSA) is 32.3 Å². The molecular formula is C13H28N2OS. The van der Waals surface area contributed by atoms with Gasteiger partial charge in [-0.15, -0.1) is 0 Å². The minimum atomic E-state index is -0.646. The van der Waals surface area contributed by atoms with Gasteiger partial charge in [-0.2, -0.15) is 0 Å². The lowest BCUT2D eigenvalue weighted by Crippen LogP contribution is -2.62. The molecule has 0 aromatic rings. The van der Waals surface area contributed by atoms with Gasteiger partial charge in [-0.3, -0.25) is 9.11 Å². The quantitative estimate of drug-likeness (QED) is 0.787. The molecule has 0 aromatic carbocycles. The van der Waals surface area contributed by atoms with Gasteiger partial charge < -0.3 is 5.32 Å². The monoisotopic (exact) mass is 260 g/mol. The highest BCUT2D eigenvalue weighted by molar-refractivity contribution is 7.84. The average Bonchev–Trinajstić information content (AvgIpc) is 2.29. The molecule has 1 aliphatic rings. The van der Waals surface area contributed by atoms with Gasteiger partial charge in [-0.25, -0.2) is 0 Å². The van der Waals surface area contributed by atoms with Crippen LogP contribution in [0.25, 0.3) is 0 Å². The fraction of sp³-hybridized carbons (Fsp3) is 1.00. The lowest BCUT2D eigenvalue weighted by atomic mass is 9.92. The first-order valence-electron chi connectivity index (χ1n) is 6.80. The van der Waals surface area contributed by atoms with Crippen molar-refractivity contribution in [2.75, 3.05) is 31.6 Å². The minimum Gasteiger partial charge on any atom is -0.309 e. The largest absolute Gasteiger partial charge is 0.309 e. The van der Waals surface area contributed by atoms with Crippen molar-refractivity contribution >= 4 is 10.8 Å². The van der Waals surface area contributed by atoms with Crippen LogP contribution in [0, 0.1) is 0 Å². The fourth-order valence-electron chi connectivity index (χ4n) is 2.50. The maximum atomic E-state index is 11.1. The highest BCUT2D eigenvalue weighted by atomic mass is 32.2. The molecule has 17 heavy (non-hydrogen) atoms. The van der Waals surface area contributed by atoms with Crippen LogP contribution in [0.2, 0.25) is 0 Å². The second kappa shape index (κ2) is 6.86. The van der Waals surface area contributed by atoms with Gasteiger partial charge in [0.05, 0.1) is 0 Å². The molecule has 0 amide bonds. The number of rotatable bonds is 6. The summed E-state index contributed by atoms with van der Waals surface area (Å²) in [5.74, 6) is 0.837. The standard InChI is InChI=1S/C13H28N2OS/c1-5-12-10-14-13(3,6-2)11-15(12)8-7-9-17(4)16/h12,14H,5-11H2,1-4H3. The predicted molar refractivity (Wildman–Crippen MR) is 75.9 cm³/mol. The van der Waals surface area contributed by atoms with E-state index in [1.165, 1.54) is 12.8 Å². The van der Waals surface area contributed by atoms with E-state index in [4.69, 9.17) is 0 Å². The van der Waals surface area contributed by atoms with Crippen molar-refractivity contribution < 1.29 is 4.21 Å². The van der Waals surface area contributed by atoms with E-state index in [0.29, 0.717) is 6.04 Å². The summed E-state index contributed by atoms with van der Waals surface area (Å²) in [4.78, 5) is 2.59. The van der Waals surface area contributed by atoms with E-state index in [9.17, 15) is 4.21 Å². The van der Waals surface area contributed by atoms with Crippen LogP contribution in [0.1, 0.15) is 40.0 Å². The summed E-state index contributed by atoms with van der Waals surface area (Å²) >= 11 is 0. The SMILES string of the molecule is CCC1CNC(C)(CC)CN1CCCS(C)=O. The Labute approximate surface area is 109 Å². The molecule has 3 nitrogen and oxygen atoms in total. The van der Waals surface area contributed by atoms with Gasteiger partial charge in [-0.1, -0.05) is 13.8 Å². The lowest BCUT2D eigenvalue weighted by Gasteiger charge is -2.46. The number of hydrogen-bond acceptors (Lipinski definition) is 3. The summed E-state index contributed by atoms with van der Waals surface area (Å²) in [6.07, 6.45) is 5.21. The maximum absolute atomic E-state index is 11.1. The number of hydrogen-bond donors (Lipinski definition) is 1. The van der Waals surface area contributed by atoms with Gasteiger partial charge in [0, 0.05) is 47.5 Å². The van der Waals surface area contributed by atoms with Crippen LogP contribution >= 0.6 is 0 Å². The van der Waals surface area contributed by atoms with Gasteiger partial charge >= 0.3 is 0 Å². The Morgan fingerprint density at radius 1 is 1.47 bits per heavy atom. The Hall–Kier alpha value is 0.0700. The molecular weight excluding hydrogens is 232 g/mol. The Bertz CT molecular complexity index is 260. The first-order chi connectivity index (χ1) is 8.00. The molecule has 102 valence electrons. The molecule has 1 N–H and O–H groups in total. The number of piperazine rings is 1. The molecule has 0 aromatic heterocycles. The molecule has 3 atom stereocenters. The zero-order valence-corrected chi connectivity index (χ0v) is 12.6. The maximum Gasteiger partial charge on any atom is 0.0278 e. The Morgan fingerprint density at radius 3 is 2.71 bits per heavy atom. The van der Waals surface area contributed by atoms with E-state index in [-0.39, 0.29) is 5.54 Å². The normalized spacial score (nSPS) is 32.6. The molecule has 1 rings (SSSR count). The van der Waals surface area contributed by atoms with Gasteiger partial charge in [0.25, 0.3) is 0 Å². The van der Waals surface area contributed by atoms with Crippen molar-refractivity contribution in [3.8, 4) is 0 Å². The minimum absolute atomic E-state index is 0.261. The van der Waals surface area contributed by atoms with Crippen LogP contribution in [-0.4, -0.2) is 52.3 Å². The van der Waals surface area contributed by atoms with Crippen molar-refractivity contribution in [3.63, 3.8) is 0 Å². The van der Waals surface area contributed by atoms with Crippen molar-refractivity contribution in [1.29, 1.82) is 0 Å². The van der Waals surface area contributed by atoms with Gasteiger partial charge in [0.1, 0.15) is 0 Å². The van der Waals surface area contributed by atoms with Crippen LogP contribution in [-0.2, 0) is 10.8 Å². The molecule has 0 spiro atoms. The smallest absolute Gasteiger partial charge is 0.0278 e. The third-order valence-corrected chi connectivity index (χ3v) is 4.83. The van der Waals surface area contributed by atoms with Crippen molar-refractivity contribution in [2.45, 2.75) is 51.6 Å². The molecule has 1 aliphatic heterocycles. The van der Waals surface area contributed by atoms with E-state index in [1.54, 1.807) is 6.26 Å². The molecule has 0 radical (unpaired) electrons. The third-order valence-electron chi connectivity index (χ3n) is 3.96. The Kier molecular flexibility index (Phi) is 6.10. The first kappa shape index (κ1) is 15.1. The molecule has 0 bridgehead atoms. The molecule has 3 unspecified atom stereocenters. The van der Waals surface area contributed by atoms with Crippen LogP contribution in [0.15, 0.2) is 0 Å². The van der Waals surface area contributed by atoms with E-state index >= 15 is 0 Å². The van der Waals surface area contributed by atoms with Gasteiger partial charge in [0.2, 0.25) is 0 Å². The van der Waals surface area contributed by atoms with E-state index in [1.807, 2.05) is 0 Å². The Balaban J connectivity index is 2.48. The Morgan fingerprint density at radius 2 is 2.18 bits per heavy atom. The van der Waals surface area contributed by atoms with Crippen LogP contribution < -0.4 is 5.32 Å². The number of nitrogens with zero attached hydrogens (tertiary/aromatic N) is 1. The summed E-state index contributed by atoms with van der Waals surface area (Å²) in [5, 5.41) is 3.67. The van der Waals surface area contributed by atoms with Crippen molar-refractivity contribution in [2.24, 2.45) is 0 Å². The molecule has 0 aliphatic carbocycles. The highest BCUT2D eigenvalue weighted by Gasteiger charge is 2.33. The first-order valence-corrected chi connectivity index (χ1v) is 8.52. The van der Waals surface area contributed by atoms with Gasteiger partial charge in [-0.05, 0) is 32.7 Å². The van der Waals surface area contributed by atoms with E-state index < -0.39 is 10.8 Å². The molecule has 1 heterocycles. The number of nitrogens with one attached hydrogen (secondary N) is 1. The van der Waals surface area contributed by atoms with Gasteiger partial charge in [0.15, 0.2) is 0 Å². The second-order valence-electron chi connectivity index (χ2n) is 5.46. The van der Waals surface area contributed by atoms with Crippen molar-refractivity contribution in [1.82, 2.24) is 10.2 Å². The second-order valence-corrected chi connectivity index (χ2v) is 7.01. The summed E-state index contributed by atoms with van der Waals surface area (Å²) in [6.45, 7) is 10.1. The average molecular weight is 260 g/mol. The molecule has 0 saturated carbocycles. The molecule has 4 heteroatoms. The van der Waals surface area contributed by atoms with Crippen LogP contribution in [0.4, 0.5) is 0 Å².